The summed E-state index contributed by atoms with van der Waals surface area (Å²) in [6.45, 7) is 1.38. The fourth-order valence-electron chi connectivity index (χ4n) is 1.70. The van der Waals surface area contributed by atoms with Crippen LogP contribution in [0.25, 0.3) is 5.53 Å². The van der Waals surface area contributed by atoms with E-state index >= 15 is 0 Å². The van der Waals surface area contributed by atoms with Gasteiger partial charge in [0.15, 0.2) is 0 Å². The molecule has 0 saturated carbocycles. The van der Waals surface area contributed by atoms with Crippen LogP contribution in [0.4, 0.5) is 0 Å². The van der Waals surface area contributed by atoms with E-state index in [4.69, 9.17) is 11.3 Å². The standard InChI is InChI=1S/C14H16N4O3/c1-9(13(20)12(8-19)18-16)17-14(21)11(15)7-10-5-3-2-4-6-10/h2-6,8-9,11H,7,15H2,1H3,(H,17,21)/t9-,11?/m1/s1. The summed E-state index contributed by atoms with van der Waals surface area (Å²) in [5, 5.41) is 2.38. The van der Waals surface area contributed by atoms with E-state index in [1.807, 2.05) is 30.3 Å². The SMILES string of the molecule is C[C@@H](NC(=O)C(N)Cc1ccccc1)C(=O)C(C=O)=[N+]=[N-]. The Morgan fingerprint density at radius 2 is 2.00 bits per heavy atom. The number of amides is 1. The maximum atomic E-state index is 11.9. The number of benzene rings is 1. The lowest BCUT2D eigenvalue weighted by Gasteiger charge is -2.15. The minimum atomic E-state index is -1.00. The molecular formula is C14H16N4O3. The predicted molar refractivity (Wildman–Crippen MR) is 75.4 cm³/mol. The van der Waals surface area contributed by atoms with Gasteiger partial charge in [0.2, 0.25) is 12.2 Å². The highest BCUT2D eigenvalue weighted by Crippen LogP contribution is 2.02. The number of nitrogens with two attached hydrogens (primary N) is 1. The minimum absolute atomic E-state index is 0.120. The normalized spacial score (nSPS) is 12.7. The van der Waals surface area contributed by atoms with Gasteiger partial charge in [0, 0.05) is 0 Å². The van der Waals surface area contributed by atoms with Gasteiger partial charge in [-0.2, -0.15) is 4.79 Å². The Morgan fingerprint density at radius 1 is 1.38 bits per heavy atom. The molecule has 1 aromatic rings. The van der Waals surface area contributed by atoms with Crippen molar-refractivity contribution in [3.63, 3.8) is 0 Å². The van der Waals surface area contributed by atoms with Crippen molar-refractivity contribution in [2.24, 2.45) is 5.73 Å². The largest absolute Gasteiger partial charge is 0.399 e. The fourth-order valence-corrected chi connectivity index (χ4v) is 1.70. The lowest BCUT2D eigenvalue weighted by atomic mass is 10.0. The molecule has 1 unspecified atom stereocenters. The molecule has 2 atom stereocenters. The van der Waals surface area contributed by atoms with Crippen LogP contribution < -0.4 is 11.1 Å². The molecule has 0 radical (unpaired) electrons. The third-order valence-corrected chi connectivity index (χ3v) is 2.86. The van der Waals surface area contributed by atoms with Gasteiger partial charge in [-0.3, -0.25) is 14.4 Å². The molecule has 1 amide bonds. The number of aldehydes is 1. The van der Waals surface area contributed by atoms with Gasteiger partial charge in [0.25, 0.3) is 5.78 Å². The summed E-state index contributed by atoms with van der Waals surface area (Å²) in [5.41, 5.74) is 14.5. The summed E-state index contributed by atoms with van der Waals surface area (Å²) in [4.78, 5) is 36.6. The van der Waals surface area contributed by atoms with Crippen molar-refractivity contribution in [2.75, 3.05) is 0 Å². The van der Waals surface area contributed by atoms with Crippen molar-refractivity contribution in [1.29, 1.82) is 0 Å². The van der Waals surface area contributed by atoms with Crippen molar-refractivity contribution < 1.29 is 19.2 Å². The quantitative estimate of drug-likeness (QED) is 0.230. The van der Waals surface area contributed by atoms with E-state index < -0.39 is 29.5 Å². The minimum Gasteiger partial charge on any atom is -0.360 e. The van der Waals surface area contributed by atoms with Gasteiger partial charge in [-0.25, -0.2) is 0 Å². The van der Waals surface area contributed by atoms with Crippen LogP contribution in [0.3, 0.4) is 0 Å². The molecule has 110 valence electrons. The van der Waals surface area contributed by atoms with E-state index in [0.29, 0.717) is 6.42 Å². The van der Waals surface area contributed by atoms with E-state index in [1.165, 1.54) is 6.92 Å². The number of hydrogen-bond donors (Lipinski definition) is 2. The molecule has 0 fully saturated rings. The van der Waals surface area contributed by atoms with Crippen LogP contribution in [-0.2, 0) is 20.8 Å². The maximum absolute atomic E-state index is 11.9. The van der Waals surface area contributed by atoms with Crippen LogP contribution in [0.15, 0.2) is 30.3 Å². The average molecular weight is 288 g/mol. The number of Topliss-reactive ketones (excluding diaryl/α,β-unsaturated/α-hetero) is 1. The van der Waals surface area contributed by atoms with E-state index in [1.54, 1.807) is 0 Å². The van der Waals surface area contributed by atoms with Gasteiger partial charge in [-0.15, -0.1) is 0 Å². The van der Waals surface area contributed by atoms with Gasteiger partial charge < -0.3 is 16.6 Å². The third kappa shape index (κ3) is 4.76. The van der Waals surface area contributed by atoms with Gasteiger partial charge >= 0.3 is 5.71 Å². The van der Waals surface area contributed by atoms with Crippen molar-refractivity contribution in [1.82, 2.24) is 5.32 Å². The van der Waals surface area contributed by atoms with Gasteiger partial charge in [-0.1, -0.05) is 30.3 Å². The van der Waals surface area contributed by atoms with Crippen molar-refractivity contribution in [3.8, 4) is 0 Å². The van der Waals surface area contributed by atoms with Gasteiger partial charge in [0.05, 0.1) is 12.1 Å². The summed E-state index contributed by atoms with van der Waals surface area (Å²) >= 11 is 0. The average Bonchev–Trinajstić information content (AvgIpc) is 2.49. The van der Waals surface area contributed by atoms with E-state index in [9.17, 15) is 14.4 Å². The molecule has 0 bridgehead atoms. The molecule has 0 spiro atoms. The fraction of sp³-hybridized carbons (Fsp3) is 0.286. The Balaban J connectivity index is 2.62. The number of carbonyl (C=O) groups excluding carboxylic acids is 3. The molecule has 7 heteroatoms. The number of ketones is 1. The Labute approximate surface area is 121 Å². The summed E-state index contributed by atoms with van der Waals surface area (Å²) in [6, 6.07) is 7.37. The van der Waals surface area contributed by atoms with Crippen LogP contribution >= 0.6 is 0 Å². The van der Waals surface area contributed by atoms with Crippen LogP contribution in [0.1, 0.15) is 12.5 Å². The Morgan fingerprint density at radius 3 is 2.52 bits per heavy atom. The number of carbonyl (C=O) groups is 3. The second-order valence-electron chi connectivity index (χ2n) is 4.49. The second kappa shape index (κ2) is 7.84. The molecular weight excluding hydrogens is 272 g/mol. The Bertz CT molecular complexity index is 579. The molecule has 1 rings (SSSR count). The highest BCUT2D eigenvalue weighted by molar-refractivity contribution is 6.59. The molecule has 21 heavy (non-hydrogen) atoms. The van der Waals surface area contributed by atoms with Gasteiger partial charge in [-0.05, 0) is 18.9 Å². The summed E-state index contributed by atoms with van der Waals surface area (Å²) in [7, 11) is 0. The van der Waals surface area contributed by atoms with Crippen molar-refractivity contribution in [3.05, 3.63) is 41.4 Å². The van der Waals surface area contributed by atoms with Crippen LogP contribution in [0.5, 0.6) is 0 Å². The Kier molecular flexibility index (Phi) is 6.13. The van der Waals surface area contributed by atoms with E-state index in [2.05, 4.69) is 10.1 Å². The smallest absolute Gasteiger partial charge is 0.360 e. The second-order valence-corrected chi connectivity index (χ2v) is 4.49. The zero-order valence-electron chi connectivity index (χ0n) is 11.5. The first-order valence-electron chi connectivity index (χ1n) is 6.31. The molecule has 0 heterocycles. The first-order valence-corrected chi connectivity index (χ1v) is 6.31. The lowest BCUT2D eigenvalue weighted by molar-refractivity contribution is -0.128. The lowest BCUT2D eigenvalue weighted by Crippen LogP contribution is -2.49. The van der Waals surface area contributed by atoms with Crippen LogP contribution in [-0.4, -0.2) is 40.6 Å². The molecule has 0 aliphatic rings. The molecule has 0 saturated heterocycles. The third-order valence-electron chi connectivity index (χ3n) is 2.86. The van der Waals surface area contributed by atoms with Crippen molar-refractivity contribution in [2.45, 2.75) is 25.4 Å². The van der Waals surface area contributed by atoms with E-state index in [0.717, 1.165) is 5.56 Å². The summed E-state index contributed by atoms with van der Waals surface area (Å²) in [6.07, 6.45) is 0.442. The molecule has 3 N–H and O–H groups in total. The zero-order valence-corrected chi connectivity index (χ0v) is 11.5. The predicted octanol–water partition coefficient (Wildman–Crippen LogP) is -0.500. The molecule has 0 aromatic heterocycles. The highest BCUT2D eigenvalue weighted by Gasteiger charge is 2.28. The maximum Gasteiger partial charge on any atom is 0.399 e. The van der Waals surface area contributed by atoms with Crippen molar-refractivity contribution >= 4 is 23.7 Å². The first-order chi connectivity index (χ1) is 9.99. The summed E-state index contributed by atoms with van der Waals surface area (Å²) < 4.78 is 0. The number of rotatable bonds is 7. The monoisotopic (exact) mass is 288 g/mol. The number of nitrogens with zero attached hydrogens (tertiary/aromatic N) is 2. The Hall–Kier alpha value is -2.63. The molecule has 0 aliphatic carbocycles. The molecule has 1 aromatic carbocycles. The van der Waals surface area contributed by atoms with Crippen LogP contribution in [0.2, 0.25) is 0 Å². The molecule has 0 aliphatic heterocycles. The first kappa shape index (κ1) is 16.4. The molecule has 7 nitrogen and oxygen atoms in total. The highest BCUT2D eigenvalue weighted by atomic mass is 16.2. The zero-order chi connectivity index (χ0) is 15.8. The topological polar surface area (TPSA) is 126 Å². The number of nitrogens with one attached hydrogen (secondary N) is 1. The van der Waals surface area contributed by atoms with E-state index in [-0.39, 0.29) is 6.29 Å². The summed E-state index contributed by atoms with van der Waals surface area (Å²) in [5.74, 6) is -1.31. The number of hydrogen-bond acceptors (Lipinski definition) is 4. The van der Waals surface area contributed by atoms with Gasteiger partial charge in [0.1, 0.15) is 0 Å². The van der Waals surface area contributed by atoms with Crippen LogP contribution in [0, 0.1) is 0 Å².